The van der Waals surface area contributed by atoms with Gasteiger partial charge >= 0.3 is 0 Å². The van der Waals surface area contributed by atoms with Crippen LogP contribution in [0.15, 0.2) is 59.4 Å². The fourth-order valence-corrected chi connectivity index (χ4v) is 2.31. The van der Waals surface area contributed by atoms with Crippen LogP contribution in [0.4, 0.5) is 5.69 Å². The fraction of sp³-hybridized carbons (Fsp3) is 0.105. The van der Waals surface area contributed by atoms with Gasteiger partial charge in [-0.1, -0.05) is 18.2 Å². The maximum Gasteiger partial charge on any atom is 0.264 e. The van der Waals surface area contributed by atoms with Gasteiger partial charge in [0.2, 0.25) is 0 Å². The lowest BCUT2D eigenvalue weighted by Gasteiger charge is -2.12. The highest BCUT2D eigenvalue weighted by Crippen LogP contribution is 2.33. The van der Waals surface area contributed by atoms with Crippen molar-refractivity contribution in [2.75, 3.05) is 7.11 Å². The number of methoxy groups -OCH3 is 1. The molecule has 0 bridgehead atoms. The number of benzene rings is 2. The molecule has 124 valence electrons. The van der Waals surface area contributed by atoms with Crippen LogP contribution in [0.25, 0.3) is 4.85 Å². The molecule has 0 aliphatic heterocycles. The van der Waals surface area contributed by atoms with Gasteiger partial charge in [-0.3, -0.25) is 4.79 Å². The third kappa shape index (κ3) is 4.03. The van der Waals surface area contributed by atoms with Crippen LogP contribution < -0.4 is 15.0 Å². The van der Waals surface area contributed by atoms with Crippen LogP contribution in [0, 0.1) is 6.57 Å². The Morgan fingerprint density at radius 3 is 2.52 bits per heavy atom. The molecule has 6 nitrogen and oxygen atoms in total. The minimum Gasteiger partial charge on any atom is -0.493 e. The SMILES string of the molecule is [C-]#[N+]c1ccc(Oc2cc(Cc3ccc(=O)[nH]n3)ccc2OC)cc1. The number of nitrogens with zero attached hydrogens (tertiary/aromatic N) is 2. The molecule has 0 atom stereocenters. The van der Waals surface area contributed by atoms with E-state index in [9.17, 15) is 4.79 Å². The summed E-state index contributed by atoms with van der Waals surface area (Å²) in [6, 6.07) is 15.6. The van der Waals surface area contributed by atoms with Gasteiger partial charge in [-0.15, -0.1) is 0 Å². The second-order valence-electron chi connectivity index (χ2n) is 5.28. The molecular weight excluding hydrogens is 318 g/mol. The summed E-state index contributed by atoms with van der Waals surface area (Å²) in [6.07, 6.45) is 0.549. The standard InChI is InChI=1S/C19H15N3O3/c1-20-14-4-7-16(8-5-14)25-18-12-13(3-9-17(18)24-2)11-15-6-10-19(23)22-21-15/h3-10,12H,11H2,2H3,(H,22,23). The van der Waals surface area contributed by atoms with Gasteiger partial charge < -0.3 is 9.47 Å². The third-order valence-electron chi connectivity index (χ3n) is 3.54. The first kappa shape index (κ1) is 16.3. The summed E-state index contributed by atoms with van der Waals surface area (Å²) in [5.74, 6) is 1.79. The molecule has 0 aliphatic rings. The number of aromatic amines is 1. The summed E-state index contributed by atoms with van der Waals surface area (Å²) < 4.78 is 11.2. The molecule has 3 aromatic rings. The molecule has 2 aromatic carbocycles. The lowest BCUT2D eigenvalue weighted by atomic mass is 10.1. The third-order valence-corrected chi connectivity index (χ3v) is 3.54. The largest absolute Gasteiger partial charge is 0.493 e. The summed E-state index contributed by atoms with van der Waals surface area (Å²) in [5, 5.41) is 6.43. The van der Waals surface area contributed by atoms with Crippen molar-refractivity contribution in [2.24, 2.45) is 0 Å². The smallest absolute Gasteiger partial charge is 0.264 e. The maximum atomic E-state index is 11.1. The molecule has 1 aromatic heterocycles. The van der Waals surface area contributed by atoms with E-state index in [-0.39, 0.29) is 5.56 Å². The molecule has 6 heteroatoms. The van der Waals surface area contributed by atoms with Crippen molar-refractivity contribution >= 4 is 5.69 Å². The Labute approximate surface area is 144 Å². The predicted molar refractivity (Wildman–Crippen MR) is 93.4 cm³/mol. The van der Waals surface area contributed by atoms with Crippen LogP contribution in [-0.2, 0) is 6.42 Å². The van der Waals surface area contributed by atoms with E-state index in [4.69, 9.17) is 16.0 Å². The average Bonchev–Trinajstić information content (AvgIpc) is 2.64. The van der Waals surface area contributed by atoms with E-state index < -0.39 is 0 Å². The number of hydrogen-bond acceptors (Lipinski definition) is 4. The van der Waals surface area contributed by atoms with Gasteiger partial charge in [-0.2, -0.15) is 5.10 Å². The van der Waals surface area contributed by atoms with Gasteiger partial charge in [0.1, 0.15) is 5.75 Å². The van der Waals surface area contributed by atoms with E-state index in [1.54, 1.807) is 37.4 Å². The fourth-order valence-electron chi connectivity index (χ4n) is 2.31. The number of hydrogen-bond donors (Lipinski definition) is 1. The van der Waals surface area contributed by atoms with Gasteiger partial charge in [0, 0.05) is 12.5 Å². The molecule has 0 spiro atoms. The van der Waals surface area contributed by atoms with Crippen molar-refractivity contribution in [3.63, 3.8) is 0 Å². The van der Waals surface area contributed by atoms with E-state index >= 15 is 0 Å². The van der Waals surface area contributed by atoms with E-state index in [0.717, 1.165) is 11.3 Å². The summed E-state index contributed by atoms with van der Waals surface area (Å²) in [5.41, 5.74) is 2.04. The van der Waals surface area contributed by atoms with Crippen molar-refractivity contribution in [1.29, 1.82) is 0 Å². The first-order chi connectivity index (χ1) is 12.2. The number of H-pyrrole nitrogens is 1. The Bertz CT molecular complexity index is 952. The number of nitrogens with one attached hydrogen (secondary N) is 1. The Hall–Kier alpha value is -3.59. The Morgan fingerprint density at radius 2 is 1.88 bits per heavy atom. The van der Waals surface area contributed by atoms with E-state index in [1.807, 2.05) is 18.2 Å². The van der Waals surface area contributed by atoms with Crippen LogP contribution in [0.2, 0.25) is 0 Å². The van der Waals surface area contributed by atoms with Gasteiger partial charge in [-0.05, 0) is 35.9 Å². The topological polar surface area (TPSA) is 68.6 Å². The van der Waals surface area contributed by atoms with E-state index in [2.05, 4.69) is 15.0 Å². The molecule has 0 saturated carbocycles. The zero-order chi connectivity index (χ0) is 17.6. The van der Waals surface area contributed by atoms with Crippen LogP contribution in [0.5, 0.6) is 17.2 Å². The molecule has 1 N–H and O–H groups in total. The summed E-state index contributed by atoms with van der Waals surface area (Å²) in [4.78, 5) is 14.4. The normalized spacial score (nSPS) is 10.1. The van der Waals surface area contributed by atoms with Gasteiger partial charge in [0.05, 0.1) is 19.4 Å². The number of rotatable bonds is 5. The van der Waals surface area contributed by atoms with Crippen LogP contribution >= 0.6 is 0 Å². The average molecular weight is 333 g/mol. The van der Waals surface area contributed by atoms with Crippen molar-refractivity contribution in [2.45, 2.75) is 6.42 Å². The van der Waals surface area contributed by atoms with Crippen LogP contribution in [0.3, 0.4) is 0 Å². The molecule has 0 unspecified atom stereocenters. The summed E-state index contributed by atoms with van der Waals surface area (Å²) >= 11 is 0. The Kier molecular flexibility index (Phi) is 4.77. The molecule has 0 aliphatic carbocycles. The van der Waals surface area contributed by atoms with Crippen molar-refractivity contribution in [3.8, 4) is 17.2 Å². The lowest BCUT2D eigenvalue weighted by molar-refractivity contribution is 0.378. The van der Waals surface area contributed by atoms with Crippen LogP contribution in [0.1, 0.15) is 11.3 Å². The van der Waals surface area contributed by atoms with Crippen molar-refractivity contribution in [1.82, 2.24) is 10.2 Å². The predicted octanol–water partition coefficient (Wildman–Crippen LogP) is 3.71. The van der Waals surface area contributed by atoms with E-state index in [1.165, 1.54) is 6.07 Å². The minimum absolute atomic E-state index is 0.231. The Balaban J connectivity index is 1.85. The van der Waals surface area contributed by atoms with Crippen molar-refractivity contribution in [3.05, 3.63) is 87.6 Å². The molecular formula is C19H15N3O3. The van der Waals surface area contributed by atoms with Gasteiger partial charge in [-0.25, -0.2) is 9.94 Å². The van der Waals surface area contributed by atoms with E-state index in [0.29, 0.717) is 29.4 Å². The maximum absolute atomic E-state index is 11.1. The molecule has 3 rings (SSSR count). The second-order valence-corrected chi connectivity index (χ2v) is 5.28. The molecule has 1 heterocycles. The lowest BCUT2D eigenvalue weighted by Crippen LogP contribution is -2.07. The molecule has 0 fully saturated rings. The summed E-state index contributed by atoms with van der Waals surface area (Å²) in [6.45, 7) is 6.98. The minimum atomic E-state index is -0.231. The van der Waals surface area contributed by atoms with Gasteiger partial charge in [0.15, 0.2) is 17.2 Å². The summed E-state index contributed by atoms with van der Waals surface area (Å²) in [7, 11) is 1.58. The van der Waals surface area contributed by atoms with Crippen LogP contribution in [-0.4, -0.2) is 17.3 Å². The molecule has 25 heavy (non-hydrogen) atoms. The highest BCUT2D eigenvalue weighted by Gasteiger charge is 2.09. The second kappa shape index (κ2) is 7.32. The zero-order valence-electron chi connectivity index (χ0n) is 13.5. The quantitative estimate of drug-likeness (QED) is 0.723. The first-order valence-corrected chi connectivity index (χ1v) is 7.55. The molecule has 0 radical (unpaired) electrons. The number of aromatic nitrogens is 2. The van der Waals surface area contributed by atoms with Crippen molar-refractivity contribution < 1.29 is 9.47 Å². The highest BCUT2D eigenvalue weighted by molar-refractivity contribution is 5.50. The molecule has 0 saturated heterocycles. The monoisotopic (exact) mass is 333 g/mol. The first-order valence-electron chi connectivity index (χ1n) is 7.55. The molecule has 0 amide bonds. The Morgan fingerprint density at radius 1 is 1.08 bits per heavy atom. The zero-order valence-corrected chi connectivity index (χ0v) is 13.5. The highest BCUT2D eigenvalue weighted by atomic mass is 16.5. The van der Waals surface area contributed by atoms with Gasteiger partial charge in [0.25, 0.3) is 5.56 Å². The number of ether oxygens (including phenoxy) is 2.